The fourth-order valence-electron chi connectivity index (χ4n) is 3.23. The lowest BCUT2D eigenvalue weighted by Gasteiger charge is -2.43. The number of carbonyl (C=O) groups is 4. The van der Waals surface area contributed by atoms with E-state index in [1.165, 1.54) is 0 Å². The molecule has 0 unspecified atom stereocenters. The summed E-state index contributed by atoms with van der Waals surface area (Å²) in [6.07, 6.45) is 0.237. The van der Waals surface area contributed by atoms with Crippen LogP contribution in [0.4, 0.5) is 0 Å². The van der Waals surface area contributed by atoms with E-state index in [4.69, 9.17) is 20.9 Å². The SMILES string of the molecule is CN(C)C(CCN[C@@](N)(C(=O)O)C(SSC[C@H](N)C(=O)O)(C(=O)OC(C)(C)C)C(=O)OC(C)(C)C)N(C)C. The van der Waals surface area contributed by atoms with Gasteiger partial charge in [-0.1, -0.05) is 21.6 Å². The second kappa shape index (κ2) is 14.1. The average Bonchev–Trinajstić information content (AvgIpc) is 2.70. The van der Waals surface area contributed by atoms with Gasteiger partial charge < -0.3 is 31.2 Å². The molecule has 0 aliphatic carbocycles. The molecule has 38 heavy (non-hydrogen) atoms. The number of carbonyl (C=O) groups excluding carboxylic acids is 2. The lowest BCUT2D eigenvalue weighted by atomic mass is 9.90. The number of nitrogens with zero attached hydrogens (tertiary/aromatic N) is 2. The number of carboxylic acids is 2. The van der Waals surface area contributed by atoms with Gasteiger partial charge in [-0.05, 0) is 76.2 Å². The Morgan fingerprint density at radius 1 is 0.895 bits per heavy atom. The number of carboxylic acid groups (broad SMARTS) is 2. The van der Waals surface area contributed by atoms with Crippen LogP contribution >= 0.6 is 21.6 Å². The van der Waals surface area contributed by atoms with Crippen LogP contribution in [-0.2, 0) is 28.7 Å². The van der Waals surface area contributed by atoms with Gasteiger partial charge in [-0.2, -0.15) is 0 Å². The molecule has 0 aromatic rings. The fraction of sp³-hybridized carbons (Fsp3) is 0.826. The first-order chi connectivity index (χ1) is 17.0. The Morgan fingerprint density at radius 2 is 1.32 bits per heavy atom. The highest BCUT2D eigenvalue weighted by atomic mass is 33.1. The van der Waals surface area contributed by atoms with Crippen molar-refractivity contribution in [3.8, 4) is 0 Å². The average molecular weight is 584 g/mol. The molecule has 0 rings (SSSR count). The zero-order valence-electron chi connectivity index (χ0n) is 24.0. The van der Waals surface area contributed by atoms with Crippen molar-refractivity contribution in [2.24, 2.45) is 11.5 Å². The van der Waals surface area contributed by atoms with Crippen LogP contribution in [0.1, 0.15) is 48.0 Å². The van der Waals surface area contributed by atoms with Gasteiger partial charge in [-0.3, -0.25) is 19.9 Å². The molecular weight excluding hydrogens is 538 g/mol. The summed E-state index contributed by atoms with van der Waals surface area (Å²) in [6, 6.07) is -1.35. The van der Waals surface area contributed by atoms with Crippen LogP contribution in [0.25, 0.3) is 0 Å². The van der Waals surface area contributed by atoms with E-state index in [0.29, 0.717) is 28.0 Å². The highest BCUT2D eigenvalue weighted by Gasteiger charge is 2.69. The van der Waals surface area contributed by atoms with E-state index >= 15 is 0 Å². The molecule has 7 N–H and O–H groups in total. The molecular formula is C23H45N5O8S2. The molecule has 0 saturated carbocycles. The van der Waals surface area contributed by atoms with Crippen molar-refractivity contribution >= 4 is 45.5 Å². The number of nitrogens with two attached hydrogens (primary N) is 2. The Hall–Kier alpha value is -1.62. The Kier molecular flexibility index (Phi) is 13.5. The first-order valence-corrected chi connectivity index (χ1v) is 14.2. The molecule has 0 aromatic carbocycles. The minimum atomic E-state index is -2.73. The maximum atomic E-state index is 13.8. The molecule has 0 bridgehead atoms. The minimum absolute atomic E-state index is 0.0168. The quantitative estimate of drug-likeness (QED) is 0.0766. The van der Waals surface area contributed by atoms with E-state index in [-0.39, 0.29) is 18.5 Å². The highest BCUT2D eigenvalue weighted by Crippen LogP contribution is 2.45. The van der Waals surface area contributed by atoms with Crippen molar-refractivity contribution in [2.75, 3.05) is 40.5 Å². The van der Waals surface area contributed by atoms with Crippen molar-refractivity contribution in [3.05, 3.63) is 0 Å². The van der Waals surface area contributed by atoms with E-state index in [0.717, 1.165) is 0 Å². The molecule has 2 atom stereocenters. The highest BCUT2D eigenvalue weighted by molar-refractivity contribution is 8.77. The second-order valence-electron chi connectivity index (χ2n) is 11.2. The molecule has 0 amide bonds. The van der Waals surface area contributed by atoms with Gasteiger partial charge in [-0.25, -0.2) is 14.4 Å². The first-order valence-electron chi connectivity index (χ1n) is 11.9. The van der Waals surface area contributed by atoms with Gasteiger partial charge in [0.2, 0.25) is 5.66 Å². The summed E-state index contributed by atoms with van der Waals surface area (Å²) in [5.74, 6) is -5.81. The van der Waals surface area contributed by atoms with Crippen LogP contribution in [0.2, 0.25) is 0 Å². The number of rotatable bonds is 15. The van der Waals surface area contributed by atoms with Gasteiger partial charge >= 0.3 is 23.9 Å². The smallest absolute Gasteiger partial charge is 0.341 e. The topological polar surface area (TPSA) is 198 Å². The molecule has 13 nitrogen and oxygen atoms in total. The molecule has 0 aliphatic rings. The predicted molar refractivity (Wildman–Crippen MR) is 148 cm³/mol. The maximum Gasteiger partial charge on any atom is 0.341 e. The Balaban J connectivity index is 6.87. The molecule has 222 valence electrons. The molecule has 0 spiro atoms. The van der Waals surface area contributed by atoms with Gasteiger partial charge in [0.1, 0.15) is 17.2 Å². The largest absolute Gasteiger partial charge is 0.480 e. The lowest BCUT2D eigenvalue weighted by molar-refractivity contribution is -0.179. The van der Waals surface area contributed by atoms with Crippen LogP contribution in [0.5, 0.6) is 0 Å². The number of aliphatic carboxylic acids is 2. The fourth-order valence-corrected chi connectivity index (χ4v) is 6.25. The number of hydrogen-bond donors (Lipinski definition) is 5. The van der Waals surface area contributed by atoms with Crippen molar-refractivity contribution < 1.29 is 38.9 Å². The number of esters is 2. The number of ether oxygens (including phenoxy) is 2. The number of nitrogens with one attached hydrogen (secondary N) is 1. The second-order valence-corrected chi connectivity index (χ2v) is 13.8. The molecule has 0 heterocycles. The van der Waals surface area contributed by atoms with Crippen LogP contribution in [0.15, 0.2) is 0 Å². The third kappa shape index (κ3) is 10.2. The van der Waals surface area contributed by atoms with E-state index < -0.39 is 51.5 Å². The van der Waals surface area contributed by atoms with Gasteiger partial charge in [0.25, 0.3) is 4.75 Å². The molecule has 0 radical (unpaired) electrons. The normalized spacial score (nSPS) is 15.3. The summed E-state index contributed by atoms with van der Waals surface area (Å²) in [7, 11) is 8.56. The summed E-state index contributed by atoms with van der Waals surface area (Å²) in [6.45, 7) is 9.28. The monoisotopic (exact) mass is 583 g/mol. The standard InChI is InChI=1S/C23H45N5O8S2/c1-20(2,3)35-18(33)22(19(34)36-21(4,5)6,38-37-13-14(24)16(29)30)23(25,17(31)32)26-12-11-15(27(7)8)28(9)10/h14-15,26H,11-13,24-25H2,1-10H3,(H,29,30)(H,31,32)/t14-,23-/m0/s1. The zero-order valence-corrected chi connectivity index (χ0v) is 25.6. The van der Waals surface area contributed by atoms with Crippen molar-refractivity contribution in [2.45, 2.75) is 81.8 Å². The molecule has 0 aromatic heterocycles. The summed E-state index contributed by atoms with van der Waals surface area (Å²) < 4.78 is 8.35. The van der Waals surface area contributed by atoms with Crippen molar-refractivity contribution in [1.82, 2.24) is 15.1 Å². The first kappa shape index (κ1) is 36.4. The minimum Gasteiger partial charge on any atom is -0.480 e. The van der Waals surface area contributed by atoms with E-state index in [1.54, 1.807) is 41.5 Å². The van der Waals surface area contributed by atoms with Crippen LogP contribution in [0, 0.1) is 0 Å². The van der Waals surface area contributed by atoms with E-state index in [2.05, 4.69) is 5.32 Å². The lowest BCUT2D eigenvalue weighted by Crippen LogP contribution is -2.78. The van der Waals surface area contributed by atoms with Gasteiger partial charge in [0.15, 0.2) is 0 Å². The molecule has 0 aliphatic heterocycles. The van der Waals surface area contributed by atoms with Crippen LogP contribution < -0.4 is 16.8 Å². The molecule has 15 heteroatoms. The Labute approximate surface area is 233 Å². The predicted octanol–water partition coefficient (Wildman–Crippen LogP) is 0.371. The number of hydrogen-bond acceptors (Lipinski definition) is 13. The maximum absolute atomic E-state index is 13.8. The van der Waals surface area contributed by atoms with E-state index in [9.17, 15) is 29.4 Å². The molecule has 0 saturated heterocycles. The zero-order chi connectivity index (χ0) is 30.3. The van der Waals surface area contributed by atoms with Gasteiger partial charge in [0, 0.05) is 12.3 Å². The van der Waals surface area contributed by atoms with Crippen LogP contribution in [-0.4, -0.2) is 118 Å². The summed E-state index contributed by atoms with van der Waals surface area (Å²) in [4.78, 5) is 55.4. The van der Waals surface area contributed by atoms with Crippen molar-refractivity contribution in [1.29, 1.82) is 0 Å². The third-order valence-electron chi connectivity index (χ3n) is 5.01. The molecule has 0 fully saturated rings. The summed E-state index contributed by atoms with van der Waals surface area (Å²) >= 11 is 0. The van der Waals surface area contributed by atoms with Crippen LogP contribution in [0.3, 0.4) is 0 Å². The Bertz CT molecular complexity index is 809. The Morgan fingerprint density at radius 3 is 1.63 bits per heavy atom. The van der Waals surface area contributed by atoms with E-state index in [1.807, 2.05) is 38.0 Å². The summed E-state index contributed by atoms with van der Waals surface area (Å²) in [5, 5.41) is 22.3. The van der Waals surface area contributed by atoms with Crippen molar-refractivity contribution in [3.63, 3.8) is 0 Å². The summed E-state index contributed by atoms with van der Waals surface area (Å²) in [5.41, 5.74) is 7.06. The third-order valence-corrected chi connectivity index (χ3v) is 8.04. The van der Waals surface area contributed by atoms with Gasteiger partial charge in [-0.15, -0.1) is 0 Å². The van der Waals surface area contributed by atoms with Gasteiger partial charge in [0.05, 0.1) is 6.17 Å².